The van der Waals surface area contributed by atoms with Gasteiger partial charge in [-0.25, -0.2) is 4.39 Å². The van der Waals surface area contributed by atoms with Crippen molar-refractivity contribution in [2.24, 2.45) is 0 Å². The van der Waals surface area contributed by atoms with Gasteiger partial charge in [0, 0.05) is 7.05 Å². The first kappa shape index (κ1) is 14.6. The fraction of sp³-hybridized carbons (Fsp3) is 0.467. The van der Waals surface area contributed by atoms with E-state index in [1.807, 2.05) is 6.08 Å². The average Bonchev–Trinajstić information content (AvgIpc) is 2.39. The molecule has 0 aliphatic heterocycles. The maximum Gasteiger partial charge on any atom is 0.188 e. The van der Waals surface area contributed by atoms with E-state index in [9.17, 15) is 4.39 Å². The maximum atomic E-state index is 13.8. The fourth-order valence-electron chi connectivity index (χ4n) is 1.74. The highest BCUT2D eigenvalue weighted by molar-refractivity contribution is 5.49. The number of nitrogens with one attached hydrogen (secondary N) is 1. The molecule has 0 bridgehead atoms. The number of allylic oxidation sites excluding steroid dienone is 1. The normalized spacial score (nSPS) is 10.1. The third kappa shape index (κ3) is 4.78. The van der Waals surface area contributed by atoms with E-state index in [0.717, 1.165) is 19.3 Å². The fourth-order valence-corrected chi connectivity index (χ4v) is 1.74. The minimum Gasteiger partial charge on any atom is -0.490 e. The number of unbranched alkanes of at least 4 members (excludes halogenated alkanes) is 4. The molecule has 0 heterocycles. The molecule has 0 saturated heterocycles. The molecule has 3 heteroatoms. The van der Waals surface area contributed by atoms with E-state index in [-0.39, 0.29) is 5.82 Å². The lowest BCUT2D eigenvalue weighted by atomic mass is 10.1. The average molecular weight is 251 g/mol. The van der Waals surface area contributed by atoms with Gasteiger partial charge in [0.2, 0.25) is 0 Å². The summed E-state index contributed by atoms with van der Waals surface area (Å²) < 4.78 is 19.2. The molecule has 1 N–H and O–H groups in total. The summed E-state index contributed by atoms with van der Waals surface area (Å²) in [6.45, 7) is 4.26. The number of hydrogen-bond acceptors (Lipinski definition) is 2. The standard InChI is InChI=1S/C15H22FNO/c1-3-4-5-6-7-8-12-18-14-11-9-10-13(17-2)15(14)16/h3,9-11,17H,1,4-8,12H2,2H3. The van der Waals surface area contributed by atoms with Crippen molar-refractivity contribution in [3.8, 4) is 5.75 Å². The molecule has 1 rings (SSSR count). The Bertz CT molecular complexity index is 366. The second-order valence-electron chi connectivity index (χ2n) is 4.21. The number of hydrogen-bond donors (Lipinski definition) is 1. The Hall–Kier alpha value is -1.51. The molecule has 0 spiro atoms. The van der Waals surface area contributed by atoms with Crippen LogP contribution in [0.15, 0.2) is 30.9 Å². The molecular weight excluding hydrogens is 229 g/mol. The molecule has 1 aromatic rings. The van der Waals surface area contributed by atoms with Crippen LogP contribution in [0.25, 0.3) is 0 Å². The first-order valence-electron chi connectivity index (χ1n) is 6.49. The monoisotopic (exact) mass is 251 g/mol. The van der Waals surface area contributed by atoms with E-state index in [0.29, 0.717) is 18.0 Å². The Labute approximate surface area is 109 Å². The molecule has 0 aliphatic rings. The summed E-state index contributed by atoms with van der Waals surface area (Å²) in [5.41, 5.74) is 0.471. The van der Waals surface area contributed by atoms with Gasteiger partial charge >= 0.3 is 0 Å². The highest BCUT2D eigenvalue weighted by Gasteiger charge is 2.07. The van der Waals surface area contributed by atoms with E-state index < -0.39 is 0 Å². The lowest BCUT2D eigenvalue weighted by Crippen LogP contribution is -2.01. The molecule has 0 aromatic heterocycles. The van der Waals surface area contributed by atoms with Crippen LogP contribution < -0.4 is 10.1 Å². The minimum atomic E-state index is -0.313. The highest BCUT2D eigenvalue weighted by Crippen LogP contribution is 2.24. The summed E-state index contributed by atoms with van der Waals surface area (Å²) in [6, 6.07) is 5.14. The number of benzene rings is 1. The zero-order valence-electron chi connectivity index (χ0n) is 11.0. The van der Waals surface area contributed by atoms with E-state index in [1.165, 1.54) is 12.8 Å². The molecule has 18 heavy (non-hydrogen) atoms. The molecular formula is C15H22FNO. The second-order valence-corrected chi connectivity index (χ2v) is 4.21. The number of ether oxygens (including phenoxy) is 1. The predicted molar refractivity (Wildman–Crippen MR) is 74.7 cm³/mol. The van der Waals surface area contributed by atoms with Crippen LogP contribution in [0.4, 0.5) is 10.1 Å². The largest absolute Gasteiger partial charge is 0.490 e. The van der Waals surface area contributed by atoms with Crippen LogP contribution in [0.3, 0.4) is 0 Å². The lowest BCUT2D eigenvalue weighted by Gasteiger charge is -2.09. The van der Waals surface area contributed by atoms with Crippen LogP contribution >= 0.6 is 0 Å². The highest BCUT2D eigenvalue weighted by atomic mass is 19.1. The Morgan fingerprint density at radius 3 is 2.78 bits per heavy atom. The summed E-state index contributed by atoms with van der Waals surface area (Å²) in [5, 5.41) is 2.80. The Morgan fingerprint density at radius 1 is 1.28 bits per heavy atom. The van der Waals surface area contributed by atoms with E-state index in [1.54, 1.807) is 25.2 Å². The minimum absolute atomic E-state index is 0.313. The lowest BCUT2D eigenvalue weighted by molar-refractivity contribution is 0.291. The molecule has 0 amide bonds. The van der Waals surface area contributed by atoms with Gasteiger partial charge in [-0.3, -0.25) is 0 Å². The van der Waals surface area contributed by atoms with Gasteiger partial charge in [-0.2, -0.15) is 0 Å². The van der Waals surface area contributed by atoms with Gasteiger partial charge in [-0.15, -0.1) is 6.58 Å². The van der Waals surface area contributed by atoms with Crippen molar-refractivity contribution in [3.05, 3.63) is 36.7 Å². The van der Waals surface area contributed by atoms with Gasteiger partial charge in [-0.05, 0) is 31.4 Å². The summed E-state index contributed by atoms with van der Waals surface area (Å²) in [6.07, 6.45) is 7.43. The number of anilines is 1. The number of halogens is 1. The SMILES string of the molecule is C=CCCCCCCOc1cccc(NC)c1F. The number of rotatable bonds is 9. The smallest absolute Gasteiger partial charge is 0.188 e. The Balaban J connectivity index is 2.25. The van der Waals surface area contributed by atoms with Crippen LogP contribution in [0, 0.1) is 5.82 Å². The summed E-state index contributed by atoms with van der Waals surface area (Å²) >= 11 is 0. The molecule has 2 nitrogen and oxygen atoms in total. The van der Waals surface area contributed by atoms with Gasteiger partial charge < -0.3 is 10.1 Å². The molecule has 100 valence electrons. The van der Waals surface area contributed by atoms with Crippen LogP contribution in [0.5, 0.6) is 5.75 Å². The van der Waals surface area contributed by atoms with Crippen molar-refractivity contribution in [2.75, 3.05) is 19.0 Å². The molecule has 1 aromatic carbocycles. The molecule has 0 aliphatic carbocycles. The van der Waals surface area contributed by atoms with Gasteiger partial charge in [-0.1, -0.05) is 25.0 Å². The summed E-state index contributed by atoms with van der Waals surface area (Å²) in [7, 11) is 1.70. The Kier molecular flexibility index (Phi) is 6.92. The van der Waals surface area contributed by atoms with Crippen molar-refractivity contribution in [1.29, 1.82) is 0 Å². The van der Waals surface area contributed by atoms with Crippen molar-refractivity contribution in [2.45, 2.75) is 32.1 Å². The van der Waals surface area contributed by atoms with Gasteiger partial charge in [0.05, 0.1) is 12.3 Å². The van der Waals surface area contributed by atoms with Crippen LogP contribution in [0.2, 0.25) is 0 Å². The summed E-state index contributed by atoms with van der Waals surface area (Å²) in [5.74, 6) is 0.0135. The van der Waals surface area contributed by atoms with E-state index in [4.69, 9.17) is 4.74 Å². The van der Waals surface area contributed by atoms with Crippen molar-refractivity contribution < 1.29 is 9.13 Å². The van der Waals surface area contributed by atoms with Crippen molar-refractivity contribution in [3.63, 3.8) is 0 Å². The van der Waals surface area contributed by atoms with Gasteiger partial charge in [0.1, 0.15) is 0 Å². The summed E-state index contributed by atoms with van der Waals surface area (Å²) in [4.78, 5) is 0. The van der Waals surface area contributed by atoms with Crippen molar-refractivity contribution in [1.82, 2.24) is 0 Å². The van der Waals surface area contributed by atoms with Gasteiger partial charge in [0.15, 0.2) is 11.6 Å². The van der Waals surface area contributed by atoms with Crippen LogP contribution in [-0.2, 0) is 0 Å². The van der Waals surface area contributed by atoms with E-state index in [2.05, 4.69) is 11.9 Å². The second kappa shape index (κ2) is 8.56. The van der Waals surface area contributed by atoms with Crippen molar-refractivity contribution >= 4 is 5.69 Å². The molecule has 0 unspecified atom stereocenters. The molecule has 0 fully saturated rings. The first-order valence-corrected chi connectivity index (χ1v) is 6.49. The first-order chi connectivity index (χ1) is 8.79. The zero-order chi connectivity index (χ0) is 13.2. The predicted octanol–water partition coefficient (Wildman–Crippen LogP) is 4.38. The molecule has 0 radical (unpaired) electrons. The van der Waals surface area contributed by atoms with Crippen LogP contribution in [-0.4, -0.2) is 13.7 Å². The zero-order valence-corrected chi connectivity index (χ0v) is 11.0. The quantitative estimate of drug-likeness (QED) is 0.519. The van der Waals surface area contributed by atoms with E-state index >= 15 is 0 Å². The molecule has 0 atom stereocenters. The molecule has 0 saturated carbocycles. The third-order valence-electron chi connectivity index (χ3n) is 2.79. The Morgan fingerprint density at radius 2 is 2.06 bits per heavy atom. The van der Waals surface area contributed by atoms with Crippen LogP contribution in [0.1, 0.15) is 32.1 Å². The maximum absolute atomic E-state index is 13.8. The topological polar surface area (TPSA) is 21.3 Å². The third-order valence-corrected chi connectivity index (χ3v) is 2.79. The van der Waals surface area contributed by atoms with Gasteiger partial charge in [0.25, 0.3) is 0 Å².